The lowest BCUT2D eigenvalue weighted by Gasteiger charge is -2.32. The summed E-state index contributed by atoms with van der Waals surface area (Å²) >= 11 is 0. The van der Waals surface area contributed by atoms with Crippen LogP contribution in [-0.2, 0) is 20.0 Å². The van der Waals surface area contributed by atoms with Crippen molar-refractivity contribution in [3.05, 3.63) is 89.9 Å². The average Bonchev–Trinajstić information content (AvgIpc) is 3.66. The first-order valence-electron chi connectivity index (χ1n) is 15.3. The molecule has 0 aliphatic carbocycles. The summed E-state index contributed by atoms with van der Waals surface area (Å²) in [7, 11) is 4.06. The lowest BCUT2D eigenvalue weighted by molar-refractivity contribution is 0.0938. The van der Waals surface area contributed by atoms with Crippen LogP contribution in [0.2, 0.25) is 0 Å². The molecule has 9 heteroatoms. The van der Waals surface area contributed by atoms with E-state index in [9.17, 15) is 4.79 Å². The highest BCUT2D eigenvalue weighted by molar-refractivity contribution is 5.99. The smallest absolute Gasteiger partial charge is 0.255 e. The molecular weight excluding hydrogens is 536 g/mol. The monoisotopic (exact) mass is 578 g/mol. The molecule has 0 bridgehead atoms. The Balaban J connectivity index is 0.999. The molecule has 3 N–H and O–H groups in total. The number of pyridine rings is 1. The Hall–Kier alpha value is -4.05. The fraction of sp³-hybridized carbons (Fsp3) is 0.382. The van der Waals surface area contributed by atoms with E-state index in [1.807, 2.05) is 13.2 Å². The third-order valence-electron chi connectivity index (χ3n) is 8.74. The lowest BCUT2D eigenvalue weighted by Crippen LogP contribution is -2.43. The van der Waals surface area contributed by atoms with E-state index < -0.39 is 0 Å². The molecule has 224 valence electrons. The molecule has 2 aliphatic heterocycles. The van der Waals surface area contributed by atoms with E-state index in [4.69, 9.17) is 5.73 Å². The van der Waals surface area contributed by atoms with Gasteiger partial charge in [0.2, 0.25) is 0 Å². The zero-order valence-corrected chi connectivity index (χ0v) is 25.2. The topological polar surface area (TPSA) is 95.5 Å². The molecule has 0 unspecified atom stereocenters. The molecule has 6 rings (SSSR count). The van der Waals surface area contributed by atoms with Gasteiger partial charge in [0.05, 0.1) is 11.8 Å². The number of nitrogens with zero attached hydrogens (tertiary/aromatic N) is 6. The largest absolute Gasteiger partial charge is 0.383 e. The van der Waals surface area contributed by atoms with Crippen molar-refractivity contribution < 1.29 is 4.79 Å². The highest BCUT2D eigenvalue weighted by Gasteiger charge is 2.25. The van der Waals surface area contributed by atoms with Crippen molar-refractivity contribution in [3.63, 3.8) is 0 Å². The molecule has 4 aromatic rings. The Morgan fingerprint density at radius 1 is 0.884 bits per heavy atom. The number of likely N-dealkylation sites (N-methyl/N-ethyl adjacent to an activating group) is 1. The number of likely N-dealkylation sites (tertiary alicyclic amines) is 1. The van der Waals surface area contributed by atoms with Crippen LogP contribution >= 0.6 is 0 Å². The van der Waals surface area contributed by atoms with E-state index in [-0.39, 0.29) is 17.8 Å². The van der Waals surface area contributed by atoms with Gasteiger partial charge in [0.25, 0.3) is 5.91 Å². The van der Waals surface area contributed by atoms with Crippen molar-refractivity contribution in [2.75, 3.05) is 58.6 Å². The predicted octanol–water partition coefficient (Wildman–Crippen LogP) is 3.53. The fourth-order valence-corrected chi connectivity index (χ4v) is 6.06. The van der Waals surface area contributed by atoms with Gasteiger partial charge in [-0.15, -0.1) is 0 Å². The zero-order chi connectivity index (χ0) is 29.8. The molecule has 0 spiro atoms. The maximum absolute atomic E-state index is 13.1. The van der Waals surface area contributed by atoms with Gasteiger partial charge in [-0.2, -0.15) is 5.10 Å². The van der Waals surface area contributed by atoms with Crippen LogP contribution in [0.3, 0.4) is 0 Å². The molecule has 2 saturated heterocycles. The van der Waals surface area contributed by atoms with Crippen LogP contribution in [-0.4, -0.2) is 94.3 Å². The van der Waals surface area contributed by atoms with Gasteiger partial charge in [0.1, 0.15) is 5.82 Å². The maximum Gasteiger partial charge on any atom is 0.255 e. The number of nitrogen functional groups attached to an aromatic ring is 1. The number of nitrogens with two attached hydrogens (primary N) is 1. The molecular formula is C34H42N8O. The number of aryl methyl sites for hydroxylation is 1. The SMILES string of the molecule is CN1CCN(Cc2ccc(-c3cccc(CCN4CC[C@@H](NC(=O)c5cc(-c6cnn(C)c6)cnc5N)C4)c3)cc2)CC1. The molecule has 2 aromatic heterocycles. The second kappa shape index (κ2) is 13.1. The number of carbonyl (C=O) groups is 1. The van der Waals surface area contributed by atoms with Gasteiger partial charge in [0, 0.05) is 89.0 Å². The molecule has 1 atom stereocenters. The van der Waals surface area contributed by atoms with E-state index >= 15 is 0 Å². The minimum Gasteiger partial charge on any atom is -0.383 e. The highest BCUT2D eigenvalue weighted by Crippen LogP contribution is 2.24. The van der Waals surface area contributed by atoms with Crippen LogP contribution < -0.4 is 11.1 Å². The summed E-state index contributed by atoms with van der Waals surface area (Å²) in [4.78, 5) is 24.8. The van der Waals surface area contributed by atoms with Crippen LogP contribution in [0.1, 0.15) is 27.9 Å². The third kappa shape index (κ3) is 7.30. The van der Waals surface area contributed by atoms with E-state index in [0.29, 0.717) is 5.56 Å². The number of anilines is 1. The van der Waals surface area contributed by atoms with E-state index in [2.05, 4.69) is 85.7 Å². The summed E-state index contributed by atoms with van der Waals surface area (Å²) in [6, 6.07) is 19.8. The normalized spacial score (nSPS) is 18.2. The van der Waals surface area contributed by atoms with Crippen molar-refractivity contribution in [1.82, 2.24) is 34.8 Å². The molecule has 43 heavy (non-hydrogen) atoms. The van der Waals surface area contributed by atoms with Crippen LogP contribution in [0.5, 0.6) is 0 Å². The number of hydrogen-bond acceptors (Lipinski definition) is 7. The number of piperazine rings is 1. The highest BCUT2D eigenvalue weighted by atomic mass is 16.1. The lowest BCUT2D eigenvalue weighted by atomic mass is 10.0. The summed E-state index contributed by atoms with van der Waals surface area (Å²) in [6.07, 6.45) is 7.22. The number of aromatic nitrogens is 3. The van der Waals surface area contributed by atoms with Crippen molar-refractivity contribution in [1.29, 1.82) is 0 Å². The van der Waals surface area contributed by atoms with Gasteiger partial charge < -0.3 is 20.9 Å². The van der Waals surface area contributed by atoms with Gasteiger partial charge in [-0.3, -0.25) is 14.4 Å². The molecule has 2 aliphatic rings. The van der Waals surface area contributed by atoms with Crippen LogP contribution in [0.4, 0.5) is 5.82 Å². The van der Waals surface area contributed by atoms with Crippen molar-refractivity contribution >= 4 is 11.7 Å². The maximum atomic E-state index is 13.1. The van der Waals surface area contributed by atoms with Gasteiger partial charge in [-0.05, 0) is 48.2 Å². The van der Waals surface area contributed by atoms with Gasteiger partial charge >= 0.3 is 0 Å². The molecule has 0 saturated carbocycles. The first kappa shape index (κ1) is 29.0. The number of benzene rings is 2. The van der Waals surface area contributed by atoms with Gasteiger partial charge in [-0.1, -0.05) is 48.5 Å². The summed E-state index contributed by atoms with van der Waals surface area (Å²) in [5.41, 5.74) is 13.4. The number of carbonyl (C=O) groups excluding carboxylic acids is 1. The molecule has 9 nitrogen and oxygen atoms in total. The standard InChI is InChI=1S/C34H42N8O/c1-39-14-16-42(17-15-39)22-26-6-8-27(9-7-26)28-5-3-4-25(18-28)10-12-41-13-11-31(24-41)38-34(43)32-19-29(20-36-33(32)35)30-21-37-40(2)23-30/h3-9,18-21,23,31H,10-17,22,24H2,1-2H3,(H2,35,36)(H,38,43)/t31-/m1/s1. The second-order valence-corrected chi connectivity index (χ2v) is 12.0. The van der Waals surface area contributed by atoms with Gasteiger partial charge in [0.15, 0.2) is 0 Å². The third-order valence-corrected chi connectivity index (χ3v) is 8.74. The predicted molar refractivity (Wildman–Crippen MR) is 172 cm³/mol. The molecule has 4 heterocycles. The average molecular weight is 579 g/mol. The quantitative estimate of drug-likeness (QED) is 0.314. The summed E-state index contributed by atoms with van der Waals surface area (Å²) < 4.78 is 1.72. The number of nitrogens with one attached hydrogen (secondary N) is 1. The Labute approximate surface area is 254 Å². The Morgan fingerprint density at radius 3 is 2.47 bits per heavy atom. The molecule has 0 radical (unpaired) electrons. The fourth-order valence-electron chi connectivity index (χ4n) is 6.06. The first-order valence-corrected chi connectivity index (χ1v) is 15.3. The zero-order valence-electron chi connectivity index (χ0n) is 25.2. The number of amides is 1. The summed E-state index contributed by atoms with van der Waals surface area (Å²) in [6.45, 7) is 8.33. The summed E-state index contributed by atoms with van der Waals surface area (Å²) in [5, 5.41) is 7.40. The van der Waals surface area contributed by atoms with Crippen LogP contribution in [0.25, 0.3) is 22.3 Å². The van der Waals surface area contributed by atoms with Crippen molar-refractivity contribution in [2.45, 2.75) is 25.4 Å². The second-order valence-electron chi connectivity index (χ2n) is 12.0. The van der Waals surface area contributed by atoms with Gasteiger partial charge in [-0.25, -0.2) is 4.98 Å². The van der Waals surface area contributed by atoms with Crippen LogP contribution in [0.15, 0.2) is 73.2 Å². The molecule has 2 fully saturated rings. The first-order chi connectivity index (χ1) is 20.9. The van der Waals surface area contributed by atoms with Crippen LogP contribution in [0, 0.1) is 0 Å². The van der Waals surface area contributed by atoms with E-state index in [0.717, 1.165) is 76.3 Å². The molecule has 1 amide bonds. The van der Waals surface area contributed by atoms with E-state index in [1.165, 1.54) is 22.3 Å². The number of hydrogen-bond donors (Lipinski definition) is 2. The summed E-state index contributed by atoms with van der Waals surface area (Å²) in [5.74, 6) is 0.0642. The Bertz CT molecular complexity index is 1540. The van der Waals surface area contributed by atoms with Crippen molar-refractivity contribution in [3.8, 4) is 22.3 Å². The Morgan fingerprint density at radius 2 is 1.70 bits per heavy atom. The minimum absolute atomic E-state index is 0.0876. The number of rotatable bonds is 9. The van der Waals surface area contributed by atoms with Crippen molar-refractivity contribution in [2.24, 2.45) is 7.05 Å². The Kier molecular flexibility index (Phi) is 8.83. The van der Waals surface area contributed by atoms with E-state index in [1.54, 1.807) is 23.1 Å². The molecule has 2 aromatic carbocycles. The minimum atomic E-state index is -0.176.